The molecule has 0 saturated carbocycles. The van der Waals surface area contributed by atoms with E-state index in [1.807, 2.05) is 6.07 Å². The predicted molar refractivity (Wildman–Crippen MR) is 153 cm³/mol. The highest BCUT2D eigenvalue weighted by molar-refractivity contribution is 5.90. The molecule has 0 aliphatic carbocycles. The van der Waals surface area contributed by atoms with Crippen LogP contribution < -0.4 is 10.2 Å². The molecule has 1 atom stereocenters. The van der Waals surface area contributed by atoms with Gasteiger partial charge in [0.2, 0.25) is 5.91 Å². The Bertz CT molecular complexity index is 1260. The Balaban J connectivity index is 1.27. The highest BCUT2D eigenvalue weighted by atomic mass is 16.6. The minimum atomic E-state index is -0.525. The van der Waals surface area contributed by atoms with Crippen LogP contribution in [0.1, 0.15) is 76.9 Å². The summed E-state index contributed by atoms with van der Waals surface area (Å²) in [5.41, 5.74) is 3.89. The fourth-order valence-electron chi connectivity index (χ4n) is 4.91. The SMILES string of the molecule is CCCC(NC(=O)Cc1ccc(C(=O)OCCOC(=O)c2cccnc2)cc1)c1ccccc1N1CCCCC1. The van der Waals surface area contributed by atoms with Crippen LogP contribution in [-0.2, 0) is 20.7 Å². The normalized spacial score (nSPS) is 13.8. The molecule has 3 aromatic rings. The van der Waals surface area contributed by atoms with Gasteiger partial charge in [-0.25, -0.2) is 9.59 Å². The first-order chi connectivity index (χ1) is 19.5. The van der Waals surface area contributed by atoms with Gasteiger partial charge >= 0.3 is 11.9 Å². The average Bonchev–Trinajstić information content (AvgIpc) is 3.00. The third kappa shape index (κ3) is 8.15. The van der Waals surface area contributed by atoms with Crippen LogP contribution >= 0.6 is 0 Å². The van der Waals surface area contributed by atoms with Crippen molar-refractivity contribution >= 4 is 23.5 Å². The number of anilines is 1. The lowest BCUT2D eigenvalue weighted by Gasteiger charge is -2.32. The highest BCUT2D eigenvalue weighted by Gasteiger charge is 2.21. The second-order valence-electron chi connectivity index (χ2n) is 9.90. The molecule has 8 heteroatoms. The van der Waals surface area contributed by atoms with Gasteiger partial charge in [0.05, 0.1) is 23.6 Å². The van der Waals surface area contributed by atoms with E-state index in [0.29, 0.717) is 11.1 Å². The number of hydrogen-bond donors (Lipinski definition) is 1. The summed E-state index contributed by atoms with van der Waals surface area (Å²) in [6.45, 7) is 4.11. The second kappa shape index (κ2) is 14.8. The molecule has 8 nitrogen and oxygen atoms in total. The number of carbonyl (C=O) groups is 3. The van der Waals surface area contributed by atoms with Gasteiger partial charge in [-0.1, -0.05) is 43.7 Å². The summed E-state index contributed by atoms with van der Waals surface area (Å²) in [6.07, 6.45) is 8.67. The number of para-hydroxylation sites is 1. The lowest BCUT2D eigenvalue weighted by atomic mass is 9.98. The number of hydrogen-bond acceptors (Lipinski definition) is 7. The van der Waals surface area contributed by atoms with Crippen molar-refractivity contribution in [2.45, 2.75) is 51.5 Å². The van der Waals surface area contributed by atoms with Gasteiger partial charge < -0.3 is 19.7 Å². The third-order valence-corrected chi connectivity index (χ3v) is 6.92. The molecular formula is C32H37N3O5. The maximum Gasteiger partial charge on any atom is 0.339 e. The minimum absolute atomic E-state index is 0.0577. The molecule has 1 amide bonds. The maximum atomic E-state index is 13.0. The lowest BCUT2D eigenvalue weighted by Crippen LogP contribution is -2.34. The summed E-state index contributed by atoms with van der Waals surface area (Å²) in [5, 5.41) is 3.25. The van der Waals surface area contributed by atoms with E-state index in [0.717, 1.165) is 31.5 Å². The smallest absolute Gasteiger partial charge is 0.339 e. The van der Waals surface area contributed by atoms with E-state index in [-0.39, 0.29) is 31.6 Å². The highest BCUT2D eigenvalue weighted by Crippen LogP contribution is 2.31. The molecule has 2 aromatic carbocycles. The van der Waals surface area contributed by atoms with E-state index in [1.165, 1.54) is 36.7 Å². The van der Waals surface area contributed by atoms with Crippen LogP contribution in [0.4, 0.5) is 5.69 Å². The van der Waals surface area contributed by atoms with Crippen LogP contribution in [0.5, 0.6) is 0 Å². The van der Waals surface area contributed by atoms with Crippen molar-refractivity contribution in [3.63, 3.8) is 0 Å². The van der Waals surface area contributed by atoms with E-state index >= 15 is 0 Å². The molecule has 4 rings (SSSR count). The van der Waals surface area contributed by atoms with E-state index in [2.05, 4.69) is 40.3 Å². The van der Waals surface area contributed by atoms with Gasteiger partial charge in [0, 0.05) is 31.2 Å². The van der Waals surface area contributed by atoms with E-state index in [4.69, 9.17) is 9.47 Å². The number of aromatic nitrogens is 1. The van der Waals surface area contributed by atoms with Crippen LogP contribution in [0.25, 0.3) is 0 Å². The molecule has 1 N–H and O–H groups in total. The lowest BCUT2D eigenvalue weighted by molar-refractivity contribution is -0.121. The van der Waals surface area contributed by atoms with Crippen molar-refractivity contribution in [3.05, 3.63) is 95.3 Å². The molecule has 2 heterocycles. The number of rotatable bonds is 12. The Morgan fingerprint density at radius 2 is 1.57 bits per heavy atom. The molecule has 1 fully saturated rings. The molecule has 1 aliphatic heterocycles. The summed E-state index contributed by atoms with van der Waals surface area (Å²) in [7, 11) is 0. The number of benzene rings is 2. The van der Waals surface area contributed by atoms with E-state index in [9.17, 15) is 14.4 Å². The fourth-order valence-corrected chi connectivity index (χ4v) is 4.91. The van der Waals surface area contributed by atoms with E-state index < -0.39 is 11.9 Å². The zero-order chi connectivity index (χ0) is 28.2. The van der Waals surface area contributed by atoms with Crippen molar-refractivity contribution in [2.75, 3.05) is 31.2 Å². The molecule has 1 aliphatic rings. The Labute approximate surface area is 235 Å². The first-order valence-corrected chi connectivity index (χ1v) is 14.0. The van der Waals surface area contributed by atoms with Gasteiger partial charge in [-0.15, -0.1) is 0 Å². The van der Waals surface area contributed by atoms with Crippen molar-refractivity contribution in [1.29, 1.82) is 0 Å². The first kappa shape index (κ1) is 28.8. The number of pyridine rings is 1. The zero-order valence-electron chi connectivity index (χ0n) is 23.0. The van der Waals surface area contributed by atoms with Crippen LogP contribution in [0.2, 0.25) is 0 Å². The molecule has 0 radical (unpaired) electrons. The summed E-state index contributed by atoms with van der Waals surface area (Å²) >= 11 is 0. The Hall–Kier alpha value is -4.20. The minimum Gasteiger partial charge on any atom is -0.458 e. The summed E-state index contributed by atoms with van der Waals surface area (Å²) in [5.74, 6) is -1.11. The number of nitrogens with one attached hydrogen (secondary N) is 1. The molecule has 1 unspecified atom stereocenters. The summed E-state index contributed by atoms with van der Waals surface area (Å²) < 4.78 is 10.3. The second-order valence-corrected chi connectivity index (χ2v) is 9.90. The molecule has 210 valence electrons. The summed E-state index contributed by atoms with van der Waals surface area (Å²) in [6, 6.07) is 18.4. The van der Waals surface area contributed by atoms with Gasteiger partial charge in [0.25, 0.3) is 0 Å². The number of amides is 1. The summed E-state index contributed by atoms with van der Waals surface area (Å²) in [4.78, 5) is 43.7. The molecular weight excluding hydrogens is 506 g/mol. The van der Waals surface area contributed by atoms with Gasteiger partial charge in [-0.05, 0) is 67.1 Å². The fraction of sp³-hybridized carbons (Fsp3) is 0.375. The number of carbonyl (C=O) groups excluding carboxylic acids is 3. The quantitative estimate of drug-likeness (QED) is 0.245. The largest absolute Gasteiger partial charge is 0.458 e. The van der Waals surface area contributed by atoms with Crippen molar-refractivity contribution < 1.29 is 23.9 Å². The van der Waals surface area contributed by atoms with Crippen LogP contribution in [-0.4, -0.2) is 49.1 Å². The number of esters is 2. The molecule has 0 spiro atoms. The third-order valence-electron chi connectivity index (χ3n) is 6.92. The van der Waals surface area contributed by atoms with Crippen molar-refractivity contribution in [1.82, 2.24) is 10.3 Å². The van der Waals surface area contributed by atoms with Gasteiger partial charge in [0.1, 0.15) is 13.2 Å². The molecule has 1 saturated heterocycles. The molecule has 0 bridgehead atoms. The predicted octanol–water partition coefficient (Wildman–Crippen LogP) is 5.29. The van der Waals surface area contributed by atoms with Gasteiger partial charge in [-0.2, -0.15) is 0 Å². The maximum absolute atomic E-state index is 13.0. The average molecular weight is 544 g/mol. The Morgan fingerprint density at radius 1 is 0.875 bits per heavy atom. The first-order valence-electron chi connectivity index (χ1n) is 14.0. The molecule has 40 heavy (non-hydrogen) atoms. The number of nitrogens with zero attached hydrogens (tertiary/aromatic N) is 2. The van der Waals surface area contributed by atoms with Gasteiger partial charge in [-0.3, -0.25) is 9.78 Å². The van der Waals surface area contributed by atoms with Crippen LogP contribution in [0, 0.1) is 0 Å². The van der Waals surface area contributed by atoms with Gasteiger partial charge in [0.15, 0.2) is 0 Å². The number of piperidine rings is 1. The Morgan fingerprint density at radius 3 is 2.25 bits per heavy atom. The topological polar surface area (TPSA) is 97.8 Å². The van der Waals surface area contributed by atoms with Crippen molar-refractivity contribution in [2.24, 2.45) is 0 Å². The van der Waals surface area contributed by atoms with Crippen LogP contribution in [0.3, 0.4) is 0 Å². The zero-order valence-corrected chi connectivity index (χ0v) is 23.0. The van der Waals surface area contributed by atoms with Crippen molar-refractivity contribution in [3.8, 4) is 0 Å². The van der Waals surface area contributed by atoms with Crippen LogP contribution in [0.15, 0.2) is 73.1 Å². The standard InChI is InChI=1S/C32H37N3O5/c1-2-9-28(27-11-4-5-12-29(27)35-18-6-3-7-19-35)34-30(36)22-24-13-15-25(16-14-24)31(37)39-20-21-40-32(38)26-10-8-17-33-23-26/h4-5,8,10-17,23,28H,2-3,6-7,9,18-22H2,1H3,(H,34,36). The molecule has 1 aromatic heterocycles. The van der Waals surface area contributed by atoms with E-state index in [1.54, 1.807) is 42.6 Å². The monoisotopic (exact) mass is 543 g/mol. The Kier molecular flexibility index (Phi) is 10.7. The number of ether oxygens (including phenoxy) is 2.